The molecular weight excluding hydrogens is 436 g/mol. The molecule has 0 spiro atoms. The zero-order valence-electron chi connectivity index (χ0n) is 16.1. The van der Waals surface area contributed by atoms with E-state index in [9.17, 15) is 13.9 Å². The molecule has 2 aromatic carbocycles. The first kappa shape index (κ1) is 20.4. The van der Waals surface area contributed by atoms with Crippen molar-refractivity contribution in [3.05, 3.63) is 76.6 Å². The first-order valence-electron chi connectivity index (χ1n) is 9.64. The molecule has 1 aromatic heterocycles. The van der Waals surface area contributed by atoms with Gasteiger partial charge < -0.3 is 5.11 Å². The van der Waals surface area contributed by atoms with Crippen LogP contribution in [0.15, 0.2) is 48.8 Å². The first-order valence-corrected chi connectivity index (χ1v) is 10.0. The zero-order chi connectivity index (χ0) is 22.1. The summed E-state index contributed by atoms with van der Waals surface area (Å²) in [6, 6.07) is 9.21. The van der Waals surface area contributed by atoms with Crippen LogP contribution in [0.1, 0.15) is 30.4 Å². The first-order chi connectivity index (χ1) is 14.6. The van der Waals surface area contributed by atoms with Crippen LogP contribution in [0.4, 0.5) is 17.6 Å². The van der Waals surface area contributed by atoms with Crippen LogP contribution >= 0.6 is 11.6 Å². The minimum atomic E-state index is -3.75. The lowest BCUT2D eigenvalue weighted by atomic mass is 9.30. The van der Waals surface area contributed by atoms with Crippen molar-refractivity contribution in [2.75, 3.05) is 0 Å². The van der Waals surface area contributed by atoms with Gasteiger partial charge in [-0.25, -0.2) is 17.6 Å². The Labute approximate surface area is 179 Å². The summed E-state index contributed by atoms with van der Waals surface area (Å²) in [7, 11) is 0. The lowest BCUT2D eigenvalue weighted by Crippen LogP contribution is -2.76. The van der Waals surface area contributed by atoms with Crippen LogP contribution in [0, 0.1) is 17.0 Å². The molecule has 10 heteroatoms. The van der Waals surface area contributed by atoms with E-state index in [1.54, 1.807) is 12.1 Å². The molecule has 0 aliphatic heterocycles. The molecule has 3 fully saturated rings. The van der Waals surface area contributed by atoms with Crippen molar-refractivity contribution < 1.29 is 22.7 Å². The third-order valence-corrected chi connectivity index (χ3v) is 7.06. The number of halogens is 5. The molecule has 6 rings (SSSR count). The second kappa shape index (κ2) is 6.49. The molecule has 0 radical (unpaired) electrons. The molecule has 0 saturated heterocycles. The van der Waals surface area contributed by atoms with Gasteiger partial charge >= 0.3 is 0 Å². The van der Waals surface area contributed by atoms with Crippen LogP contribution in [-0.2, 0) is 17.6 Å². The number of hydrogen-bond donors (Lipinski definition) is 1. The predicted octanol–water partition coefficient (Wildman–Crippen LogP) is 4.25. The van der Waals surface area contributed by atoms with Gasteiger partial charge in [0.1, 0.15) is 18.2 Å². The van der Waals surface area contributed by atoms with Gasteiger partial charge in [0.15, 0.2) is 11.9 Å². The number of tetrazole rings is 1. The Balaban J connectivity index is 1.52. The van der Waals surface area contributed by atoms with Gasteiger partial charge in [0.2, 0.25) is 0 Å². The molecule has 0 amide bonds. The molecule has 1 atom stereocenters. The monoisotopic (exact) mass is 452 g/mol. The molecule has 3 aliphatic carbocycles. The van der Waals surface area contributed by atoms with Gasteiger partial charge in [0.25, 0.3) is 5.92 Å². The molecule has 3 saturated carbocycles. The van der Waals surface area contributed by atoms with E-state index in [1.807, 2.05) is 12.1 Å². The summed E-state index contributed by atoms with van der Waals surface area (Å²) < 4.78 is 60.1. The average molecular weight is 453 g/mol. The van der Waals surface area contributed by atoms with Crippen LogP contribution in [-0.4, -0.2) is 31.2 Å². The van der Waals surface area contributed by atoms with Gasteiger partial charge in [-0.2, -0.15) is 4.80 Å². The van der Waals surface area contributed by atoms with Crippen molar-refractivity contribution in [1.29, 1.82) is 0 Å². The van der Waals surface area contributed by atoms with E-state index in [-0.39, 0.29) is 19.3 Å². The van der Waals surface area contributed by atoms with Gasteiger partial charge in [-0.05, 0) is 59.7 Å². The fourth-order valence-electron chi connectivity index (χ4n) is 5.31. The van der Waals surface area contributed by atoms with E-state index in [0.717, 1.165) is 28.8 Å². The fourth-order valence-corrected chi connectivity index (χ4v) is 5.44. The third-order valence-electron chi connectivity index (χ3n) is 6.81. The summed E-state index contributed by atoms with van der Waals surface area (Å²) in [6.45, 7) is -0.835. The van der Waals surface area contributed by atoms with Crippen LogP contribution in [0.25, 0.3) is 0 Å². The topological polar surface area (TPSA) is 63.8 Å². The van der Waals surface area contributed by atoms with Crippen molar-refractivity contribution in [2.24, 2.45) is 5.41 Å². The molecule has 3 aliphatic rings. The summed E-state index contributed by atoms with van der Waals surface area (Å²) in [6.07, 6.45) is 1.41. The number of alkyl halides is 2. The number of nitrogens with zero attached hydrogens (tertiary/aromatic N) is 4. The molecule has 162 valence electrons. The van der Waals surface area contributed by atoms with Crippen LogP contribution in [0.2, 0.25) is 5.02 Å². The highest BCUT2D eigenvalue weighted by Gasteiger charge is 2.82. The lowest BCUT2D eigenvalue weighted by molar-refractivity contribution is -0.348. The van der Waals surface area contributed by atoms with Crippen molar-refractivity contribution in [1.82, 2.24) is 20.2 Å². The summed E-state index contributed by atoms with van der Waals surface area (Å²) in [5.74, 6) is -5.94. The molecule has 1 heterocycles. The summed E-state index contributed by atoms with van der Waals surface area (Å²) in [5.41, 5.74) is -4.74. The number of rotatable bonds is 6. The van der Waals surface area contributed by atoms with Crippen molar-refractivity contribution in [2.45, 2.75) is 42.7 Å². The quantitative estimate of drug-likeness (QED) is 0.568. The maximum atomic E-state index is 16.0. The smallest absolute Gasteiger partial charge is 0.287 e. The molecule has 1 unspecified atom stereocenters. The van der Waals surface area contributed by atoms with Gasteiger partial charge in [-0.3, -0.25) is 0 Å². The Hall–Kier alpha value is -2.52. The highest BCUT2D eigenvalue weighted by Crippen LogP contribution is 2.80. The van der Waals surface area contributed by atoms with Crippen LogP contribution in [0.5, 0.6) is 0 Å². The minimum absolute atomic E-state index is 0.130. The molecule has 5 nitrogen and oxygen atoms in total. The molecule has 3 aromatic rings. The zero-order valence-corrected chi connectivity index (χ0v) is 16.8. The van der Waals surface area contributed by atoms with Gasteiger partial charge in [-0.1, -0.05) is 23.7 Å². The molecule has 1 N–H and O–H groups in total. The van der Waals surface area contributed by atoms with E-state index < -0.39 is 46.1 Å². The van der Waals surface area contributed by atoms with Gasteiger partial charge in [-0.15, -0.1) is 10.2 Å². The van der Waals surface area contributed by atoms with E-state index in [2.05, 4.69) is 15.4 Å². The Morgan fingerprint density at radius 2 is 1.74 bits per heavy atom. The largest absolute Gasteiger partial charge is 0.377 e. The van der Waals surface area contributed by atoms with Crippen molar-refractivity contribution in [3.63, 3.8) is 0 Å². The summed E-state index contributed by atoms with van der Waals surface area (Å²) in [4.78, 5) is 0.775. The maximum absolute atomic E-state index is 16.0. The number of aromatic nitrogens is 4. The summed E-state index contributed by atoms with van der Waals surface area (Å²) in [5, 5.41) is 22.6. The number of benzene rings is 2. The Morgan fingerprint density at radius 1 is 1.06 bits per heavy atom. The predicted molar refractivity (Wildman–Crippen MR) is 102 cm³/mol. The highest BCUT2D eigenvalue weighted by molar-refractivity contribution is 6.30. The second-order valence-electron chi connectivity index (χ2n) is 8.62. The van der Waals surface area contributed by atoms with Gasteiger partial charge in [0, 0.05) is 22.1 Å². The van der Waals surface area contributed by atoms with Gasteiger partial charge in [0.05, 0.1) is 0 Å². The Kier molecular flexibility index (Phi) is 4.27. The normalized spacial score (nSPS) is 26.6. The molecular formula is C21H17ClF4N4O. The summed E-state index contributed by atoms with van der Waals surface area (Å²) >= 11 is 5.92. The van der Waals surface area contributed by atoms with Crippen LogP contribution in [0.3, 0.4) is 0 Å². The second-order valence-corrected chi connectivity index (χ2v) is 9.06. The van der Waals surface area contributed by atoms with E-state index >= 15 is 8.78 Å². The Bertz CT molecular complexity index is 1120. The number of aliphatic hydroxyl groups is 1. The fraction of sp³-hybridized carbons (Fsp3) is 0.381. The highest BCUT2D eigenvalue weighted by atomic mass is 35.5. The minimum Gasteiger partial charge on any atom is -0.377 e. The van der Waals surface area contributed by atoms with E-state index in [0.29, 0.717) is 11.1 Å². The van der Waals surface area contributed by atoms with Crippen molar-refractivity contribution in [3.8, 4) is 0 Å². The van der Waals surface area contributed by atoms with E-state index in [1.165, 1.54) is 0 Å². The maximum Gasteiger partial charge on any atom is 0.287 e. The third kappa shape index (κ3) is 2.75. The standard InChI is InChI=1S/C21H17ClF4N4O/c22-14-3-1-13(2-4-14)18-8-19(9-18,10-18)21(25,26)20(31,11-30-28-12-27-29-30)16-6-5-15(23)7-17(16)24/h1-7,12,31H,8-11H2. The van der Waals surface area contributed by atoms with Crippen molar-refractivity contribution >= 4 is 11.6 Å². The van der Waals surface area contributed by atoms with Crippen LogP contribution < -0.4 is 0 Å². The van der Waals surface area contributed by atoms with E-state index in [4.69, 9.17) is 11.6 Å². The lowest BCUT2D eigenvalue weighted by Gasteiger charge is -2.74. The molecule has 2 bridgehead atoms. The molecule has 31 heavy (non-hydrogen) atoms. The Morgan fingerprint density at radius 3 is 2.32 bits per heavy atom. The number of hydrogen-bond acceptors (Lipinski definition) is 4. The SMILES string of the molecule is OC(Cn1ncnn1)(c1ccc(F)cc1F)C(F)(F)C12CC(c3ccc(Cl)cc3)(C1)C2. The average Bonchev–Trinajstić information content (AvgIpc) is 3.13.